The van der Waals surface area contributed by atoms with Gasteiger partial charge in [-0.3, -0.25) is 4.79 Å². The molecule has 2 aromatic rings. The van der Waals surface area contributed by atoms with Gasteiger partial charge < -0.3 is 9.30 Å². The molecule has 4 nitrogen and oxygen atoms in total. The fourth-order valence-corrected chi connectivity index (χ4v) is 2.92. The highest BCUT2D eigenvalue weighted by Gasteiger charge is 2.07. The van der Waals surface area contributed by atoms with Crippen LogP contribution in [0.1, 0.15) is 20.3 Å². The number of aryl methyl sites for hydroxylation is 1. The number of ether oxygens (including phenoxy) is 1. The van der Waals surface area contributed by atoms with Crippen molar-refractivity contribution >= 4 is 27.5 Å². The van der Waals surface area contributed by atoms with Crippen molar-refractivity contribution in [1.29, 1.82) is 0 Å². The second kappa shape index (κ2) is 5.35. The van der Waals surface area contributed by atoms with Crippen LogP contribution in [0.25, 0.3) is 10.2 Å². The standard InChI is InChI=1S/C13H16N2O2S/c1-4-7-15-11-8-10(17-3)5-6-12(11)18-13(15)14-9(2)16/h5-6,8H,4,7H2,1-3H3. The Morgan fingerprint density at radius 1 is 1.50 bits per heavy atom. The summed E-state index contributed by atoms with van der Waals surface area (Å²) in [5.74, 6) is 0.651. The molecule has 0 saturated carbocycles. The molecular weight excluding hydrogens is 248 g/mol. The van der Waals surface area contributed by atoms with E-state index in [2.05, 4.69) is 16.5 Å². The zero-order valence-corrected chi connectivity index (χ0v) is 11.6. The number of hydrogen-bond donors (Lipinski definition) is 0. The normalized spacial score (nSPS) is 12.1. The van der Waals surface area contributed by atoms with E-state index in [0.29, 0.717) is 0 Å². The minimum absolute atomic E-state index is 0.168. The van der Waals surface area contributed by atoms with Crippen LogP contribution in [0.2, 0.25) is 0 Å². The summed E-state index contributed by atoms with van der Waals surface area (Å²) in [4.78, 5) is 16.0. The Hall–Kier alpha value is -1.62. The molecule has 2 rings (SSSR count). The molecule has 18 heavy (non-hydrogen) atoms. The Balaban J connectivity index is 2.72. The van der Waals surface area contributed by atoms with Gasteiger partial charge in [0.05, 0.1) is 17.3 Å². The number of rotatable bonds is 3. The van der Waals surface area contributed by atoms with Crippen molar-refractivity contribution in [1.82, 2.24) is 4.57 Å². The number of carbonyl (C=O) groups is 1. The smallest absolute Gasteiger partial charge is 0.245 e. The van der Waals surface area contributed by atoms with Crippen molar-refractivity contribution in [3.63, 3.8) is 0 Å². The van der Waals surface area contributed by atoms with Gasteiger partial charge in [0.25, 0.3) is 0 Å². The number of amides is 1. The molecule has 0 atom stereocenters. The van der Waals surface area contributed by atoms with Crippen LogP contribution >= 0.6 is 11.3 Å². The Morgan fingerprint density at radius 2 is 2.28 bits per heavy atom. The van der Waals surface area contributed by atoms with Crippen LogP contribution < -0.4 is 9.54 Å². The van der Waals surface area contributed by atoms with Crippen molar-refractivity contribution in [2.24, 2.45) is 4.99 Å². The highest BCUT2D eigenvalue weighted by molar-refractivity contribution is 7.16. The van der Waals surface area contributed by atoms with E-state index in [9.17, 15) is 4.79 Å². The first kappa shape index (κ1) is 12.8. The average molecular weight is 264 g/mol. The number of benzene rings is 1. The average Bonchev–Trinajstić information content (AvgIpc) is 2.66. The van der Waals surface area contributed by atoms with E-state index in [4.69, 9.17) is 4.74 Å². The Labute approximate surface area is 110 Å². The van der Waals surface area contributed by atoms with Crippen LogP contribution in [0.5, 0.6) is 5.75 Å². The molecule has 1 amide bonds. The van der Waals surface area contributed by atoms with Crippen molar-refractivity contribution in [3.8, 4) is 5.75 Å². The van der Waals surface area contributed by atoms with E-state index >= 15 is 0 Å². The molecule has 0 fully saturated rings. The van der Waals surface area contributed by atoms with E-state index in [1.54, 1.807) is 7.11 Å². The summed E-state index contributed by atoms with van der Waals surface area (Å²) in [6, 6.07) is 5.91. The van der Waals surface area contributed by atoms with Gasteiger partial charge in [-0.1, -0.05) is 18.3 Å². The number of methoxy groups -OCH3 is 1. The molecule has 1 heterocycles. The third kappa shape index (κ3) is 2.46. The molecule has 0 aliphatic rings. The SMILES string of the molecule is CCCn1c(=NC(C)=O)sc2ccc(OC)cc21. The molecule has 0 unspecified atom stereocenters. The Morgan fingerprint density at radius 3 is 2.89 bits per heavy atom. The summed E-state index contributed by atoms with van der Waals surface area (Å²) in [6.07, 6.45) is 0.994. The molecule has 0 spiro atoms. The number of hydrogen-bond acceptors (Lipinski definition) is 3. The number of fused-ring (bicyclic) bond motifs is 1. The van der Waals surface area contributed by atoms with Crippen molar-refractivity contribution in [2.75, 3.05) is 7.11 Å². The molecule has 0 aliphatic carbocycles. The van der Waals surface area contributed by atoms with Crippen molar-refractivity contribution in [2.45, 2.75) is 26.8 Å². The van der Waals surface area contributed by atoms with Gasteiger partial charge >= 0.3 is 0 Å². The van der Waals surface area contributed by atoms with Gasteiger partial charge in [-0.05, 0) is 18.6 Å². The third-order valence-corrected chi connectivity index (χ3v) is 3.65. The van der Waals surface area contributed by atoms with Crippen LogP contribution in [0.15, 0.2) is 23.2 Å². The van der Waals surface area contributed by atoms with E-state index < -0.39 is 0 Å². The lowest BCUT2D eigenvalue weighted by Gasteiger charge is -2.04. The molecule has 0 radical (unpaired) electrons. The molecule has 0 saturated heterocycles. The minimum Gasteiger partial charge on any atom is -0.497 e. The van der Waals surface area contributed by atoms with Crippen LogP contribution in [0.4, 0.5) is 0 Å². The van der Waals surface area contributed by atoms with Crippen molar-refractivity contribution in [3.05, 3.63) is 23.0 Å². The summed E-state index contributed by atoms with van der Waals surface area (Å²) in [7, 11) is 1.65. The van der Waals surface area contributed by atoms with Gasteiger partial charge in [0.2, 0.25) is 5.91 Å². The van der Waals surface area contributed by atoms with Crippen molar-refractivity contribution < 1.29 is 9.53 Å². The maximum atomic E-state index is 11.2. The van der Waals surface area contributed by atoms with Gasteiger partial charge in [-0.15, -0.1) is 0 Å². The van der Waals surface area contributed by atoms with Crippen LogP contribution in [0, 0.1) is 0 Å². The second-order valence-corrected chi connectivity index (χ2v) is 5.01. The van der Waals surface area contributed by atoms with E-state index in [1.165, 1.54) is 18.3 Å². The lowest BCUT2D eigenvalue weighted by atomic mass is 10.3. The number of nitrogens with zero attached hydrogens (tertiary/aromatic N) is 2. The lowest BCUT2D eigenvalue weighted by molar-refractivity contribution is -0.116. The predicted molar refractivity (Wildman–Crippen MR) is 72.9 cm³/mol. The molecule has 96 valence electrons. The fourth-order valence-electron chi connectivity index (χ4n) is 1.84. The first-order valence-electron chi connectivity index (χ1n) is 5.88. The van der Waals surface area contributed by atoms with Crippen LogP contribution in [0.3, 0.4) is 0 Å². The number of carbonyl (C=O) groups excluding carboxylic acids is 1. The zero-order valence-electron chi connectivity index (χ0n) is 10.8. The molecular formula is C13H16N2O2S. The van der Waals surface area contributed by atoms with Gasteiger partial charge in [0, 0.05) is 19.5 Å². The third-order valence-electron chi connectivity index (χ3n) is 2.59. The summed E-state index contributed by atoms with van der Waals surface area (Å²) >= 11 is 1.53. The van der Waals surface area contributed by atoms with Crippen LogP contribution in [-0.2, 0) is 11.3 Å². The highest BCUT2D eigenvalue weighted by atomic mass is 32.1. The van der Waals surface area contributed by atoms with E-state index in [0.717, 1.165) is 33.7 Å². The Kier molecular flexibility index (Phi) is 3.81. The van der Waals surface area contributed by atoms with E-state index in [-0.39, 0.29) is 5.91 Å². The molecule has 0 bridgehead atoms. The number of thiazole rings is 1. The number of aromatic nitrogens is 1. The fraction of sp³-hybridized carbons (Fsp3) is 0.385. The molecule has 0 aliphatic heterocycles. The predicted octanol–water partition coefficient (Wildman–Crippen LogP) is 2.57. The largest absolute Gasteiger partial charge is 0.497 e. The summed E-state index contributed by atoms with van der Waals surface area (Å²) in [5.41, 5.74) is 1.07. The summed E-state index contributed by atoms with van der Waals surface area (Å²) in [5, 5.41) is 0. The maximum absolute atomic E-state index is 11.2. The summed E-state index contributed by atoms with van der Waals surface area (Å²) in [6.45, 7) is 4.43. The highest BCUT2D eigenvalue weighted by Crippen LogP contribution is 2.23. The van der Waals surface area contributed by atoms with Gasteiger partial charge in [-0.2, -0.15) is 4.99 Å². The second-order valence-electron chi connectivity index (χ2n) is 4.00. The summed E-state index contributed by atoms with van der Waals surface area (Å²) < 4.78 is 8.43. The van der Waals surface area contributed by atoms with Crippen LogP contribution in [-0.4, -0.2) is 17.6 Å². The first-order chi connectivity index (χ1) is 8.65. The quantitative estimate of drug-likeness (QED) is 0.855. The topological polar surface area (TPSA) is 43.6 Å². The molecule has 5 heteroatoms. The minimum atomic E-state index is -0.168. The monoisotopic (exact) mass is 264 g/mol. The van der Waals surface area contributed by atoms with Gasteiger partial charge in [-0.25, -0.2) is 0 Å². The Bertz CT molecular complexity index is 640. The van der Waals surface area contributed by atoms with Gasteiger partial charge in [0.1, 0.15) is 5.75 Å². The van der Waals surface area contributed by atoms with Gasteiger partial charge in [0.15, 0.2) is 4.80 Å². The molecule has 1 aromatic heterocycles. The molecule has 1 aromatic carbocycles. The van der Waals surface area contributed by atoms with E-state index in [1.807, 2.05) is 18.2 Å². The molecule has 0 N–H and O–H groups in total. The first-order valence-corrected chi connectivity index (χ1v) is 6.70. The maximum Gasteiger partial charge on any atom is 0.245 e. The zero-order chi connectivity index (χ0) is 13.1. The lowest BCUT2D eigenvalue weighted by Crippen LogP contribution is -2.15.